The van der Waals surface area contributed by atoms with Crippen LogP contribution in [0.5, 0.6) is 5.75 Å². The predicted octanol–water partition coefficient (Wildman–Crippen LogP) is 5.96. The number of hydrogen-bond donors (Lipinski definition) is 1. The van der Waals surface area contributed by atoms with Gasteiger partial charge in [-0.2, -0.15) is 8.42 Å². The van der Waals surface area contributed by atoms with Gasteiger partial charge in [0.25, 0.3) is 10.1 Å². The zero-order chi connectivity index (χ0) is 19.3. The van der Waals surface area contributed by atoms with E-state index in [9.17, 15) is 13.5 Å². The van der Waals surface area contributed by atoms with Gasteiger partial charge < -0.3 is 5.11 Å². The molecule has 0 fully saturated rings. The maximum absolute atomic E-state index is 12.0. The Balaban J connectivity index is 1.96. The van der Waals surface area contributed by atoms with Gasteiger partial charge in [0.2, 0.25) is 0 Å². The minimum atomic E-state index is -3.71. The van der Waals surface area contributed by atoms with Crippen molar-refractivity contribution in [3.8, 4) is 5.75 Å². The SMILES string of the molecule is C=C(C)CCCCCCCCCCCCOS(=O)(=O)c1ccc(O)cc1. The second-order valence-corrected chi connectivity index (χ2v) is 8.63. The smallest absolute Gasteiger partial charge is 0.296 e. The number of rotatable bonds is 15. The Morgan fingerprint density at radius 1 is 0.885 bits per heavy atom. The number of phenolic OH excluding ortho intramolecular Hbond substituents is 1. The number of benzene rings is 1. The van der Waals surface area contributed by atoms with E-state index in [1.54, 1.807) is 0 Å². The van der Waals surface area contributed by atoms with Crippen molar-refractivity contribution in [1.82, 2.24) is 0 Å². The fourth-order valence-corrected chi connectivity index (χ4v) is 3.74. The van der Waals surface area contributed by atoms with E-state index in [1.165, 1.54) is 74.8 Å². The Morgan fingerprint density at radius 2 is 1.35 bits per heavy atom. The highest BCUT2D eigenvalue weighted by molar-refractivity contribution is 7.86. The van der Waals surface area contributed by atoms with Gasteiger partial charge in [-0.15, -0.1) is 6.58 Å². The monoisotopic (exact) mass is 382 g/mol. The van der Waals surface area contributed by atoms with E-state index in [1.807, 2.05) is 0 Å². The first-order valence-corrected chi connectivity index (χ1v) is 11.2. The molecule has 0 amide bonds. The summed E-state index contributed by atoms with van der Waals surface area (Å²) < 4.78 is 28.9. The molecule has 0 heterocycles. The number of unbranched alkanes of at least 4 members (excludes halogenated alkanes) is 9. The van der Waals surface area contributed by atoms with Crippen LogP contribution >= 0.6 is 0 Å². The normalized spacial score (nSPS) is 11.6. The van der Waals surface area contributed by atoms with Gasteiger partial charge in [-0.25, -0.2) is 0 Å². The first-order chi connectivity index (χ1) is 12.4. The van der Waals surface area contributed by atoms with Crippen molar-refractivity contribution in [2.75, 3.05) is 6.61 Å². The van der Waals surface area contributed by atoms with Crippen LogP contribution in [0, 0.1) is 0 Å². The first-order valence-electron chi connectivity index (χ1n) is 9.74. The molecule has 1 aromatic rings. The second-order valence-electron chi connectivity index (χ2n) is 7.01. The molecule has 0 saturated carbocycles. The van der Waals surface area contributed by atoms with Crippen molar-refractivity contribution in [2.45, 2.75) is 82.4 Å². The van der Waals surface area contributed by atoms with Crippen LogP contribution in [-0.4, -0.2) is 20.1 Å². The van der Waals surface area contributed by atoms with Gasteiger partial charge in [0.1, 0.15) is 5.75 Å². The molecule has 1 N–H and O–H groups in total. The van der Waals surface area contributed by atoms with Crippen molar-refractivity contribution < 1.29 is 17.7 Å². The molecule has 4 nitrogen and oxygen atoms in total. The number of allylic oxidation sites excluding steroid dienone is 1. The van der Waals surface area contributed by atoms with E-state index >= 15 is 0 Å². The highest BCUT2D eigenvalue weighted by atomic mass is 32.2. The average Bonchev–Trinajstić information content (AvgIpc) is 2.59. The maximum Gasteiger partial charge on any atom is 0.296 e. The highest BCUT2D eigenvalue weighted by Gasteiger charge is 2.14. The summed E-state index contributed by atoms with van der Waals surface area (Å²) in [5.74, 6) is 0.0378. The van der Waals surface area contributed by atoms with Gasteiger partial charge in [-0.1, -0.05) is 56.9 Å². The van der Waals surface area contributed by atoms with Gasteiger partial charge in [-0.3, -0.25) is 4.18 Å². The van der Waals surface area contributed by atoms with Gasteiger partial charge in [0, 0.05) is 0 Å². The summed E-state index contributed by atoms with van der Waals surface area (Å²) >= 11 is 0. The van der Waals surface area contributed by atoms with E-state index in [0.29, 0.717) is 0 Å². The van der Waals surface area contributed by atoms with Crippen LogP contribution in [0.4, 0.5) is 0 Å². The topological polar surface area (TPSA) is 63.6 Å². The minimum Gasteiger partial charge on any atom is -0.508 e. The van der Waals surface area contributed by atoms with Crippen molar-refractivity contribution in [3.05, 3.63) is 36.4 Å². The molecule has 1 rings (SSSR count). The summed E-state index contributed by atoms with van der Waals surface area (Å²) in [6.45, 7) is 6.23. The van der Waals surface area contributed by atoms with Crippen LogP contribution in [0.2, 0.25) is 0 Å². The van der Waals surface area contributed by atoms with Crippen molar-refractivity contribution >= 4 is 10.1 Å². The van der Waals surface area contributed by atoms with Crippen LogP contribution in [0.25, 0.3) is 0 Å². The van der Waals surface area contributed by atoms with Crippen molar-refractivity contribution in [2.24, 2.45) is 0 Å². The molecular weight excluding hydrogens is 348 g/mol. The Hall–Kier alpha value is -1.33. The Kier molecular flexibility index (Phi) is 11.3. The van der Waals surface area contributed by atoms with Crippen molar-refractivity contribution in [1.29, 1.82) is 0 Å². The fourth-order valence-electron chi connectivity index (χ4n) is 2.79. The minimum absolute atomic E-state index is 0.0378. The standard InChI is InChI=1S/C21H34O4S/c1-19(2)13-11-9-7-5-3-4-6-8-10-12-18-25-26(23,24)21-16-14-20(22)15-17-21/h14-17,22H,1,3-13,18H2,2H3. The molecule has 0 aliphatic carbocycles. The maximum atomic E-state index is 12.0. The molecule has 148 valence electrons. The van der Waals surface area contributed by atoms with Crippen LogP contribution < -0.4 is 0 Å². The molecular formula is C21H34O4S. The zero-order valence-corrected chi connectivity index (χ0v) is 16.9. The Labute approximate surface area is 159 Å². The Bertz CT molecular complexity index is 605. The van der Waals surface area contributed by atoms with Crippen molar-refractivity contribution in [3.63, 3.8) is 0 Å². The summed E-state index contributed by atoms with van der Waals surface area (Å²) in [5, 5.41) is 9.19. The van der Waals surface area contributed by atoms with Crippen LogP contribution in [0.1, 0.15) is 77.6 Å². The van der Waals surface area contributed by atoms with Crippen LogP contribution in [-0.2, 0) is 14.3 Å². The molecule has 0 spiro atoms. The molecule has 0 saturated heterocycles. The first kappa shape index (κ1) is 22.7. The third-order valence-corrected chi connectivity index (χ3v) is 5.69. The molecule has 0 aliphatic rings. The quantitative estimate of drug-likeness (QED) is 0.231. The molecule has 0 unspecified atom stereocenters. The molecule has 1 aromatic carbocycles. The lowest BCUT2D eigenvalue weighted by Crippen LogP contribution is -2.07. The molecule has 5 heteroatoms. The number of hydrogen-bond acceptors (Lipinski definition) is 4. The van der Waals surface area contributed by atoms with Crippen LogP contribution in [0.3, 0.4) is 0 Å². The van der Waals surface area contributed by atoms with E-state index in [0.717, 1.165) is 25.7 Å². The molecule has 0 aliphatic heterocycles. The average molecular weight is 383 g/mol. The van der Waals surface area contributed by atoms with Gasteiger partial charge in [0.05, 0.1) is 11.5 Å². The fraction of sp³-hybridized carbons (Fsp3) is 0.619. The molecule has 0 bridgehead atoms. The van der Waals surface area contributed by atoms with E-state index in [4.69, 9.17) is 4.18 Å². The van der Waals surface area contributed by atoms with Gasteiger partial charge >= 0.3 is 0 Å². The van der Waals surface area contributed by atoms with E-state index in [-0.39, 0.29) is 17.3 Å². The lowest BCUT2D eigenvalue weighted by Gasteiger charge is -2.06. The van der Waals surface area contributed by atoms with E-state index < -0.39 is 10.1 Å². The summed E-state index contributed by atoms with van der Waals surface area (Å²) in [6.07, 6.45) is 13.0. The third-order valence-electron chi connectivity index (χ3n) is 4.36. The third kappa shape index (κ3) is 10.6. The van der Waals surface area contributed by atoms with Gasteiger partial charge in [0.15, 0.2) is 0 Å². The lowest BCUT2D eigenvalue weighted by atomic mass is 10.0. The summed E-state index contributed by atoms with van der Waals surface area (Å²) in [7, 11) is -3.71. The number of aromatic hydroxyl groups is 1. The van der Waals surface area contributed by atoms with E-state index in [2.05, 4.69) is 13.5 Å². The highest BCUT2D eigenvalue weighted by Crippen LogP contribution is 2.17. The Morgan fingerprint density at radius 3 is 1.85 bits per heavy atom. The molecule has 0 atom stereocenters. The molecule has 26 heavy (non-hydrogen) atoms. The molecule has 0 radical (unpaired) electrons. The summed E-state index contributed by atoms with van der Waals surface area (Å²) in [6, 6.07) is 5.39. The largest absolute Gasteiger partial charge is 0.508 e. The molecule has 0 aromatic heterocycles. The second kappa shape index (κ2) is 12.9. The predicted molar refractivity (Wildman–Crippen MR) is 107 cm³/mol. The van der Waals surface area contributed by atoms with Crippen LogP contribution in [0.15, 0.2) is 41.3 Å². The lowest BCUT2D eigenvalue weighted by molar-refractivity contribution is 0.306. The summed E-state index contributed by atoms with van der Waals surface area (Å²) in [4.78, 5) is 0.0820. The number of phenols is 1. The zero-order valence-electron chi connectivity index (χ0n) is 16.1. The van der Waals surface area contributed by atoms with Gasteiger partial charge in [-0.05, 0) is 50.5 Å². The summed E-state index contributed by atoms with van der Waals surface area (Å²) in [5.41, 5.74) is 1.28.